The summed E-state index contributed by atoms with van der Waals surface area (Å²) in [5, 5.41) is 0. The average molecular weight is 573 g/mol. The van der Waals surface area contributed by atoms with Crippen LogP contribution in [0.4, 0.5) is 4.39 Å². The Hall–Kier alpha value is -4.50. The number of benzene rings is 3. The lowest BCUT2D eigenvalue weighted by Crippen LogP contribution is -2.39. The molecule has 4 aromatic rings. The van der Waals surface area contributed by atoms with Gasteiger partial charge >= 0.3 is 5.97 Å². The summed E-state index contributed by atoms with van der Waals surface area (Å²) >= 11 is 1.25. The van der Waals surface area contributed by atoms with E-state index < -0.39 is 12.0 Å². The van der Waals surface area contributed by atoms with Crippen LogP contribution in [0.15, 0.2) is 93.9 Å². The van der Waals surface area contributed by atoms with Gasteiger partial charge in [0.25, 0.3) is 5.56 Å². The summed E-state index contributed by atoms with van der Waals surface area (Å²) in [5.74, 6) is 0.109. The first-order valence-corrected chi connectivity index (χ1v) is 14.1. The number of carbonyl (C=O) groups excluding carboxylic acids is 1. The highest BCUT2D eigenvalue weighted by atomic mass is 32.1. The van der Waals surface area contributed by atoms with Crippen LogP contribution in [-0.2, 0) is 16.1 Å². The normalized spacial score (nSPS) is 14.8. The topological polar surface area (TPSA) is 79.1 Å². The second-order valence-electron chi connectivity index (χ2n) is 9.23. The van der Waals surface area contributed by atoms with Gasteiger partial charge in [-0.2, -0.15) is 0 Å². The summed E-state index contributed by atoms with van der Waals surface area (Å²) in [6, 6.07) is 20.5. The van der Waals surface area contributed by atoms with Crippen LogP contribution in [-0.4, -0.2) is 23.8 Å². The molecule has 210 valence electrons. The van der Waals surface area contributed by atoms with Crippen LogP contribution >= 0.6 is 11.3 Å². The molecule has 9 heteroatoms. The van der Waals surface area contributed by atoms with E-state index in [9.17, 15) is 14.0 Å². The van der Waals surface area contributed by atoms with Gasteiger partial charge in [-0.05, 0) is 56.2 Å². The quantitative estimate of drug-likeness (QED) is 0.266. The van der Waals surface area contributed by atoms with Gasteiger partial charge in [0.1, 0.15) is 12.4 Å². The second-order valence-corrected chi connectivity index (χ2v) is 10.2. The molecule has 0 N–H and O–H groups in total. The van der Waals surface area contributed by atoms with Crippen molar-refractivity contribution in [2.45, 2.75) is 33.4 Å². The summed E-state index contributed by atoms with van der Waals surface area (Å²) in [6.45, 7) is 6.02. The third-order valence-corrected chi connectivity index (χ3v) is 7.52. The van der Waals surface area contributed by atoms with Gasteiger partial charge in [0.15, 0.2) is 16.3 Å². The molecule has 0 unspecified atom stereocenters. The molecule has 5 rings (SSSR count). The van der Waals surface area contributed by atoms with Crippen molar-refractivity contribution in [1.29, 1.82) is 0 Å². The maximum absolute atomic E-state index is 14.1. The zero-order chi connectivity index (χ0) is 28.9. The zero-order valence-corrected chi connectivity index (χ0v) is 23.7. The third-order valence-electron chi connectivity index (χ3n) is 6.54. The second kappa shape index (κ2) is 12.3. The predicted octanol–water partition coefficient (Wildman–Crippen LogP) is 4.92. The standard InChI is InChI=1S/C32H29FN2O5S/c1-4-38-26-17-21(15-16-25(26)40-19-23-13-9-10-14-24(23)33)18-27-30(36)35-29(22-11-7-6-8-12-22)28(31(37)39-5-2)20(3)34-32(35)41-27/h6-18,29H,4-5,19H2,1-3H3/t29-/m0/s1. The number of rotatable bonds is 9. The summed E-state index contributed by atoms with van der Waals surface area (Å²) in [5.41, 5.74) is 2.52. The van der Waals surface area contributed by atoms with E-state index in [-0.39, 0.29) is 24.6 Å². The van der Waals surface area contributed by atoms with Crippen LogP contribution in [0.2, 0.25) is 0 Å². The number of fused-ring (bicyclic) bond motifs is 1. The fourth-order valence-corrected chi connectivity index (χ4v) is 5.71. The smallest absolute Gasteiger partial charge is 0.338 e. The Bertz CT molecular complexity index is 1790. The molecular weight excluding hydrogens is 543 g/mol. The largest absolute Gasteiger partial charge is 0.490 e. The van der Waals surface area contributed by atoms with Gasteiger partial charge in [-0.25, -0.2) is 14.2 Å². The lowest BCUT2D eigenvalue weighted by molar-refractivity contribution is -0.139. The van der Waals surface area contributed by atoms with Gasteiger partial charge in [-0.3, -0.25) is 9.36 Å². The van der Waals surface area contributed by atoms with Crippen molar-refractivity contribution in [3.05, 3.63) is 126 Å². The molecule has 2 heterocycles. The molecule has 0 spiro atoms. The first-order valence-electron chi connectivity index (χ1n) is 13.3. The third kappa shape index (κ3) is 5.85. The van der Waals surface area contributed by atoms with E-state index in [2.05, 4.69) is 4.99 Å². The Morgan fingerprint density at radius 1 is 1.00 bits per heavy atom. The fourth-order valence-electron chi connectivity index (χ4n) is 4.67. The van der Waals surface area contributed by atoms with Gasteiger partial charge < -0.3 is 14.2 Å². The Morgan fingerprint density at radius 3 is 2.49 bits per heavy atom. The van der Waals surface area contributed by atoms with Crippen molar-refractivity contribution in [3.8, 4) is 11.5 Å². The van der Waals surface area contributed by atoms with Crippen LogP contribution in [0.25, 0.3) is 6.08 Å². The van der Waals surface area contributed by atoms with E-state index in [1.54, 1.807) is 60.9 Å². The summed E-state index contributed by atoms with van der Waals surface area (Å²) in [4.78, 5) is 31.9. The van der Waals surface area contributed by atoms with Crippen LogP contribution in [0.1, 0.15) is 43.5 Å². The molecule has 1 aromatic heterocycles. The maximum Gasteiger partial charge on any atom is 0.338 e. The van der Waals surface area contributed by atoms with Crippen molar-refractivity contribution in [3.63, 3.8) is 0 Å². The maximum atomic E-state index is 14.1. The minimum atomic E-state index is -0.665. The fraction of sp³-hybridized carbons (Fsp3) is 0.219. The molecule has 0 aliphatic carbocycles. The number of ether oxygens (including phenoxy) is 3. The number of hydrogen-bond donors (Lipinski definition) is 0. The summed E-state index contributed by atoms with van der Waals surface area (Å²) < 4.78 is 33.1. The molecule has 0 saturated heterocycles. The van der Waals surface area contributed by atoms with Crippen molar-refractivity contribution >= 4 is 23.4 Å². The number of esters is 1. The van der Waals surface area contributed by atoms with E-state index in [0.29, 0.717) is 44.3 Å². The van der Waals surface area contributed by atoms with Gasteiger partial charge in [0, 0.05) is 5.56 Å². The number of thiazole rings is 1. The van der Waals surface area contributed by atoms with E-state index in [1.807, 2.05) is 37.3 Å². The van der Waals surface area contributed by atoms with E-state index >= 15 is 0 Å². The monoisotopic (exact) mass is 572 g/mol. The number of aromatic nitrogens is 1. The van der Waals surface area contributed by atoms with Crippen LogP contribution < -0.4 is 24.4 Å². The highest BCUT2D eigenvalue weighted by Gasteiger charge is 2.33. The highest BCUT2D eigenvalue weighted by molar-refractivity contribution is 7.07. The van der Waals surface area contributed by atoms with Gasteiger partial charge in [-0.15, -0.1) is 0 Å². The molecule has 3 aromatic carbocycles. The first-order chi connectivity index (χ1) is 19.9. The van der Waals surface area contributed by atoms with Crippen molar-refractivity contribution < 1.29 is 23.4 Å². The molecule has 0 saturated carbocycles. The average Bonchev–Trinajstić information content (AvgIpc) is 3.27. The van der Waals surface area contributed by atoms with Crippen molar-refractivity contribution in [2.24, 2.45) is 4.99 Å². The molecule has 1 aliphatic rings. The zero-order valence-electron chi connectivity index (χ0n) is 22.9. The van der Waals surface area contributed by atoms with Gasteiger partial charge in [0.05, 0.1) is 35.1 Å². The molecular formula is C32H29FN2O5S. The Kier molecular flexibility index (Phi) is 8.45. The molecule has 0 fully saturated rings. The molecule has 1 atom stereocenters. The number of allylic oxidation sites excluding steroid dienone is 1. The van der Waals surface area contributed by atoms with Crippen LogP contribution in [0, 0.1) is 5.82 Å². The lowest BCUT2D eigenvalue weighted by Gasteiger charge is -2.24. The van der Waals surface area contributed by atoms with E-state index in [4.69, 9.17) is 14.2 Å². The number of nitrogens with zero attached hydrogens (tertiary/aromatic N) is 2. The van der Waals surface area contributed by atoms with Crippen LogP contribution in [0.5, 0.6) is 11.5 Å². The van der Waals surface area contributed by atoms with Crippen molar-refractivity contribution in [1.82, 2.24) is 4.57 Å². The Morgan fingerprint density at radius 2 is 1.76 bits per heavy atom. The highest BCUT2D eigenvalue weighted by Crippen LogP contribution is 2.31. The SMILES string of the molecule is CCOC(=O)C1=C(C)N=c2sc(=Cc3ccc(OCc4ccccc4F)c(OCC)c3)c(=O)n2[C@H]1c1ccccc1. The molecule has 41 heavy (non-hydrogen) atoms. The lowest BCUT2D eigenvalue weighted by atomic mass is 9.96. The summed E-state index contributed by atoms with van der Waals surface area (Å²) in [6.07, 6.45) is 1.76. The number of carbonyl (C=O) groups is 1. The van der Waals surface area contributed by atoms with E-state index in [0.717, 1.165) is 11.1 Å². The molecule has 0 radical (unpaired) electrons. The molecule has 0 amide bonds. The minimum Gasteiger partial charge on any atom is -0.490 e. The Balaban J connectivity index is 1.55. The molecule has 1 aliphatic heterocycles. The predicted molar refractivity (Wildman–Crippen MR) is 155 cm³/mol. The van der Waals surface area contributed by atoms with E-state index in [1.165, 1.54) is 17.4 Å². The van der Waals surface area contributed by atoms with Gasteiger partial charge in [-0.1, -0.05) is 65.9 Å². The Labute approximate surface area is 240 Å². The number of halogens is 1. The summed E-state index contributed by atoms with van der Waals surface area (Å²) in [7, 11) is 0. The first kappa shape index (κ1) is 28.0. The number of hydrogen-bond acceptors (Lipinski definition) is 7. The van der Waals surface area contributed by atoms with Gasteiger partial charge in [0.2, 0.25) is 0 Å². The molecule has 0 bridgehead atoms. The van der Waals surface area contributed by atoms with Crippen LogP contribution in [0.3, 0.4) is 0 Å². The van der Waals surface area contributed by atoms with Crippen molar-refractivity contribution in [2.75, 3.05) is 13.2 Å². The molecule has 7 nitrogen and oxygen atoms in total. The minimum absolute atomic E-state index is 0.0479.